The summed E-state index contributed by atoms with van der Waals surface area (Å²) in [5, 5.41) is 4.84. The summed E-state index contributed by atoms with van der Waals surface area (Å²) < 4.78 is 37.8. The molecular weight excluding hydrogens is 301 g/mol. The maximum absolute atomic E-state index is 12.6. The second-order valence-electron chi connectivity index (χ2n) is 5.30. The first-order valence-corrected chi connectivity index (χ1v) is 6.81. The average molecular weight is 318 g/mol. The van der Waals surface area contributed by atoms with Crippen LogP contribution in [0.3, 0.4) is 0 Å². The van der Waals surface area contributed by atoms with Crippen molar-refractivity contribution in [3.8, 4) is 0 Å². The number of rotatable bonds is 2. The van der Waals surface area contributed by atoms with Gasteiger partial charge in [0.2, 0.25) is 0 Å². The lowest BCUT2D eigenvalue weighted by Crippen LogP contribution is -2.45. The lowest BCUT2D eigenvalue weighted by atomic mass is 10.1. The quantitative estimate of drug-likeness (QED) is 0.775. The molecule has 1 aliphatic heterocycles. The molecule has 1 aliphatic rings. The standard InChI is InChI=1S/C13H17F3N4O2/c1-20-4-2-9(3-5-20)18-12(22)19-10-6-8(13(14,15)16)7-17-11(10)21/h6-7,9H,2-5H2,1H3,(H,17,21)(H2,18,19,22). The second-order valence-corrected chi connectivity index (χ2v) is 5.30. The fraction of sp³-hybridized carbons (Fsp3) is 0.538. The molecule has 3 N–H and O–H groups in total. The highest BCUT2D eigenvalue weighted by Crippen LogP contribution is 2.29. The monoisotopic (exact) mass is 318 g/mol. The van der Waals surface area contributed by atoms with Gasteiger partial charge < -0.3 is 20.5 Å². The van der Waals surface area contributed by atoms with Gasteiger partial charge in [-0.3, -0.25) is 4.79 Å². The minimum atomic E-state index is -4.59. The van der Waals surface area contributed by atoms with E-state index in [-0.39, 0.29) is 6.04 Å². The predicted molar refractivity (Wildman–Crippen MR) is 74.7 cm³/mol. The van der Waals surface area contributed by atoms with Crippen LogP contribution < -0.4 is 16.2 Å². The van der Waals surface area contributed by atoms with Crippen LogP contribution in [0.1, 0.15) is 18.4 Å². The number of anilines is 1. The third-order valence-corrected chi connectivity index (χ3v) is 3.53. The van der Waals surface area contributed by atoms with Crippen molar-refractivity contribution in [2.24, 2.45) is 0 Å². The number of likely N-dealkylation sites (tertiary alicyclic amines) is 1. The Balaban J connectivity index is 2.01. The number of alkyl halides is 3. The van der Waals surface area contributed by atoms with E-state index in [1.807, 2.05) is 12.0 Å². The molecule has 0 aliphatic carbocycles. The van der Waals surface area contributed by atoms with Gasteiger partial charge in [-0.05, 0) is 39.0 Å². The Bertz CT molecular complexity index is 592. The van der Waals surface area contributed by atoms with Crippen molar-refractivity contribution in [2.75, 3.05) is 25.5 Å². The largest absolute Gasteiger partial charge is 0.417 e. The molecule has 0 saturated carbocycles. The van der Waals surface area contributed by atoms with E-state index in [2.05, 4.69) is 15.5 Å². The maximum Gasteiger partial charge on any atom is 0.417 e. The highest BCUT2D eigenvalue weighted by molar-refractivity contribution is 5.89. The Morgan fingerprint density at radius 2 is 2.00 bits per heavy atom. The molecule has 0 spiro atoms. The number of aromatic nitrogens is 1. The second kappa shape index (κ2) is 6.39. The van der Waals surface area contributed by atoms with Crippen molar-refractivity contribution in [3.05, 3.63) is 28.2 Å². The number of nitrogens with zero attached hydrogens (tertiary/aromatic N) is 1. The smallest absolute Gasteiger partial charge is 0.335 e. The highest BCUT2D eigenvalue weighted by atomic mass is 19.4. The lowest BCUT2D eigenvalue weighted by molar-refractivity contribution is -0.137. The number of carbonyl (C=O) groups is 1. The third kappa shape index (κ3) is 4.23. The van der Waals surface area contributed by atoms with E-state index in [1.54, 1.807) is 0 Å². The fourth-order valence-corrected chi connectivity index (χ4v) is 2.24. The summed E-state index contributed by atoms with van der Waals surface area (Å²) in [5.74, 6) is 0. The van der Waals surface area contributed by atoms with Crippen LogP contribution in [0, 0.1) is 0 Å². The molecule has 2 amide bonds. The number of hydrogen-bond donors (Lipinski definition) is 3. The van der Waals surface area contributed by atoms with Crippen molar-refractivity contribution in [1.82, 2.24) is 15.2 Å². The maximum atomic E-state index is 12.6. The van der Waals surface area contributed by atoms with Crippen LogP contribution in [0.5, 0.6) is 0 Å². The van der Waals surface area contributed by atoms with Gasteiger partial charge in [0.25, 0.3) is 5.56 Å². The molecule has 0 unspecified atom stereocenters. The summed E-state index contributed by atoms with van der Waals surface area (Å²) in [6, 6.07) is -0.118. The highest BCUT2D eigenvalue weighted by Gasteiger charge is 2.31. The predicted octanol–water partition coefficient (Wildman–Crippen LogP) is 1.61. The molecule has 1 fully saturated rings. The van der Waals surface area contributed by atoms with E-state index in [4.69, 9.17) is 0 Å². The van der Waals surface area contributed by atoms with Crippen LogP contribution in [0.2, 0.25) is 0 Å². The first-order chi connectivity index (χ1) is 10.3. The number of nitrogens with one attached hydrogen (secondary N) is 3. The SMILES string of the molecule is CN1CCC(NC(=O)Nc2cc(C(F)(F)F)c[nH]c2=O)CC1. The molecule has 122 valence electrons. The Morgan fingerprint density at radius 1 is 1.36 bits per heavy atom. The Hall–Kier alpha value is -2.03. The molecule has 0 radical (unpaired) electrons. The fourth-order valence-electron chi connectivity index (χ4n) is 2.24. The van der Waals surface area contributed by atoms with Crippen LogP contribution in [-0.2, 0) is 6.18 Å². The van der Waals surface area contributed by atoms with Crippen LogP contribution in [-0.4, -0.2) is 42.1 Å². The van der Waals surface area contributed by atoms with Crippen molar-refractivity contribution in [3.63, 3.8) is 0 Å². The van der Waals surface area contributed by atoms with Gasteiger partial charge in [-0.2, -0.15) is 13.2 Å². The number of H-pyrrole nitrogens is 1. The number of amides is 2. The van der Waals surface area contributed by atoms with Gasteiger partial charge in [0.05, 0.1) is 5.56 Å². The number of piperidine rings is 1. The number of aromatic amines is 1. The minimum Gasteiger partial charge on any atom is -0.335 e. The van der Waals surface area contributed by atoms with Gasteiger partial charge in [-0.15, -0.1) is 0 Å². The number of pyridine rings is 1. The van der Waals surface area contributed by atoms with E-state index in [0.29, 0.717) is 12.3 Å². The van der Waals surface area contributed by atoms with E-state index < -0.39 is 29.0 Å². The number of carbonyl (C=O) groups excluding carboxylic acids is 1. The van der Waals surface area contributed by atoms with E-state index in [1.165, 1.54) is 0 Å². The first kappa shape index (κ1) is 16.3. The Morgan fingerprint density at radius 3 is 2.59 bits per heavy atom. The molecule has 22 heavy (non-hydrogen) atoms. The zero-order valence-corrected chi connectivity index (χ0v) is 12.0. The zero-order chi connectivity index (χ0) is 16.3. The Labute approximate surface area is 124 Å². The first-order valence-electron chi connectivity index (χ1n) is 6.81. The topological polar surface area (TPSA) is 77.2 Å². The molecule has 0 bridgehead atoms. The van der Waals surface area contributed by atoms with Gasteiger partial charge >= 0.3 is 12.2 Å². The van der Waals surface area contributed by atoms with Crippen LogP contribution in [0.25, 0.3) is 0 Å². The molecule has 0 atom stereocenters. The van der Waals surface area contributed by atoms with E-state index >= 15 is 0 Å². The number of hydrogen-bond acceptors (Lipinski definition) is 3. The Kier molecular flexibility index (Phi) is 4.74. The van der Waals surface area contributed by atoms with E-state index in [0.717, 1.165) is 25.9 Å². The van der Waals surface area contributed by atoms with Crippen molar-refractivity contribution in [1.29, 1.82) is 0 Å². The van der Waals surface area contributed by atoms with Gasteiger partial charge in [0.15, 0.2) is 0 Å². The minimum absolute atomic E-state index is 0.0546. The molecule has 2 rings (SSSR count). The zero-order valence-electron chi connectivity index (χ0n) is 12.0. The third-order valence-electron chi connectivity index (χ3n) is 3.53. The van der Waals surface area contributed by atoms with Gasteiger partial charge in [-0.1, -0.05) is 0 Å². The van der Waals surface area contributed by atoms with Crippen LogP contribution in [0.15, 0.2) is 17.1 Å². The average Bonchev–Trinajstić information content (AvgIpc) is 2.42. The van der Waals surface area contributed by atoms with Crippen LogP contribution in [0.4, 0.5) is 23.7 Å². The summed E-state index contributed by atoms with van der Waals surface area (Å²) in [7, 11) is 1.97. The summed E-state index contributed by atoms with van der Waals surface area (Å²) in [6.45, 7) is 1.66. The van der Waals surface area contributed by atoms with Crippen molar-refractivity contribution in [2.45, 2.75) is 25.1 Å². The summed E-state index contributed by atoms with van der Waals surface area (Å²) >= 11 is 0. The summed E-state index contributed by atoms with van der Waals surface area (Å²) in [4.78, 5) is 27.4. The van der Waals surface area contributed by atoms with Crippen molar-refractivity contribution < 1.29 is 18.0 Å². The van der Waals surface area contributed by atoms with Gasteiger partial charge in [0, 0.05) is 12.2 Å². The molecule has 0 aromatic carbocycles. The summed E-state index contributed by atoms with van der Waals surface area (Å²) in [5.41, 5.74) is -2.24. The molecule has 2 heterocycles. The van der Waals surface area contributed by atoms with Gasteiger partial charge in [0.1, 0.15) is 5.69 Å². The molecule has 1 aromatic heterocycles. The lowest BCUT2D eigenvalue weighted by Gasteiger charge is -2.29. The number of halogens is 3. The molecule has 1 saturated heterocycles. The molecular formula is C13H17F3N4O2. The molecule has 6 nitrogen and oxygen atoms in total. The summed E-state index contributed by atoms with van der Waals surface area (Å²) in [6.07, 6.45) is -2.51. The van der Waals surface area contributed by atoms with Crippen LogP contribution >= 0.6 is 0 Å². The molecule has 1 aromatic rings. The van der Waals surface area contributed by atoms with E-state index in [9.17, 15) is 22.8 Å². The molecule has 9 heteroatoms. The van der Waals surface area contributed by atoms with Crippen molar-refractivity contribution >= 4 is 11.7 Å². The normalized spacial score (nSPS) is 17.3. The van der Waals surface area contributed by atoms with Gasteiger partial charge in [-0.25, -0.2) is 4.79 Å². The number of urea groups is 1.